The van der Waals surface area contributed by atoms with Gasteiger partial charge in [0.25, 0.3) is 0 Å². The topological polar surface area (TPSA) is 77.6 Å². The molecule has 0 radical (unpaired) electrons. The predicted octanol–water partition coefficient (Wildman–Crippen LogP) is 4.10. The van der Waals surface area contributed by atoms with Gasteiger partial charge in [-0.3, -0.25) is 4.79 Å². The Morgan fingerprint density at radius 1 is 1.17 bits per heavy atom. The van der Waals surface area contributed by atoms with Crippen LogP contribution in [0.5, 0.6) is 11.5 Å². The third-order valence-electron chi connectivity index (χ3n) is 4.49. The van der Waals surface area contributed by atoms with Crippen molar-refractivity contribution in [1.82, 2.24) is 4.98 Å². The number of H-pyrrole nitrogens is 1. The molecule has 1 heterocycles. The van der Waals surface area contributed by atoms with Gasteiger partial charge in [-0.25, -0.2) is 4.79 Å². The van der Waals surface area contributed by atoms with E-state index in [1.54, 1.807) is 25.3 Å². The summed E-state index contributed by atoms with van der Waals surface area (Å²) in [6, 6.07) is 12.9. The van der Waals surface area contributed by atoms with E-state index in [-0.39, 0.29) is 12.4 Å². The van der Waals surface area contributed by atoms with Gasteiger partial charge < -0.3 is 19.2 Å². The van der Waals surface area contributed by atoms with Crippen LogP contribution in [0.2, 0.25) is 0 Å². The number of para-hydroxylation sites is 1. The molecule has 6 heteroatoms. The van der Waals surface area contributed by atoms with Gasteiger partial charge in [0, 0.05) is 22.7 Å². The van der Waals surface area contributed by atoms with E-state index in [4.69, 9.17) is 14.2 Å². The average Bonchev–Trinajstić information content (AvgIpc) is 3.16. The highest BCUT2D eigenvalue weighted by Gasteiger charge is 2.22. The van der Waals surface area contributed by atoms with E-state index in [2.05, 4.69) is 11.6 Å². The lowest BCUT2D eigenvalue weighted by Crippen LogP contribution is -2.27. The quantitative estimate of drug-likeness (QED) is 0.336. The molecule has 0 unspecified atom stereocenters. The number of hydrogen-bond acceptors (Lipinski definition) is 5. The molecule has 0 aliphatic carbocycles. The van der Waals surface area contributed by atoms with E-state index < -0.39 is 12.1 Å². The number of methoxy groups -OCH3 is 1. The molecule has 0 aliphatic heterocycles. The van der Waals surface area contributed by atoms with Crippen molar-refractivity contribution in [3.8, 4) is 11.5 Å². The normalized spacial score (nSPS) is 11.7. The Hall–Kier alpha value is -3.54. The Labute approximate surface area is 169 Å². The third kappa shape index (κ3) is 4.66. The summed E-state index contributed by atoms with van der Waals surface area (Å²) in [7, 11) is 1.53. The second-order valence-electron chi connectivity index (χ2n) is 6.51. The van der Waals surface area contributed by atoms with Crippen molar-refractivity contribution in [3.63, 3.8) is 0 Å². The number of fused-ring (bicyclic) bond motifs is 1. The summed E-state index contributed by atoms with van der Waals surface area (Å²) in [5.74, 6) is 0.0259. The van der Waals surface area contributed by atoms with E-state index in [0.29, 0.717) is 23.5 Å². The molecular weight excluding hydrogens is 370 g/mol. The van der Waals surface area contributed by atoms with Gasteiger partial charge in [-0.2, -0.15) is 0 Å². The minimum Gasteiger partial charge on any atom is -0.493 e. The molecule has 3 rings (SSSR count). The van der Waals surface area contributed by atoms with Gasteiger partial charge >= 0.3 is 5.97 Å². The number of ether oxygens (including phenoxy) is 3. The number of ketones is 1. The van der Waals surface area contributed by atoms with Crippen molar-refractivity contribution < 1.29 is 23.8 Å². The number of nitrogens with one attached hydrogen (secondary N) is 1. The molecule has 2 aromatic carbocycles. The van der Waals surface area contributed by atoms with Crippen LogP contribution < -0.4 is 9.47 Å². The fourth-order valence-corrected chi connectivity index (χ4v) is 3.04. The predicted molar refractivity (Wildman–Crippen MR) is 111 cm³/mol. The first-order valence-electron chi connectivity index (χ1n) is 9.24. The highest BCUT2D eigenvalue weighted by Crippen LogP contribution is 2.28. The van der Waals surface area contributed by atoms with Crippen LogP contribution in [0.25, 0.3) is 10.9 Å². The highest BCUT2D eigenvalue weighted by atomic mass is 16.6. The lowest BCUT2D eigenvalue weighted by atomic mass is 10.1. The number of Topliss-reactive ketones (excluding diaryl/α,β-unsaturated/α-hetero) is 1. The number of allylic oxidation sites excluding steroid dienone is 1. The average molecular weight is 393 g/mol. The number of hydrogen-bond donors (Lipinski definition) is 1. The number of aromatic nitrogens is 1. The SMILES string of the molecule is C=CCc1ccc(OCC(=O)O[C@H](C)C(=O)c2c[nH]c3ccccc23)c(OC)c1. The van der Waals surface area contributed by atoms with Crippen molar-refractivity contribution in [3.05, 3.63) is 72.4 Å². The maximum absolute atomic E-state index is 12.7. The first-order valence-corrected chi connectivity index (χ1v) is 9.24. The van der Waals surface area contributed by atoms with Gasteiger partial charge in [-0.1, -0.05) is 30.3 Å². The highest BCUT2D eigenvalue weighted by molar-refractivity contribution is 6.10. The Morgan fingerprint density at radius 3 is 2.72 bits per heavy atom. The first-order chi connectivity index (χ1) is 14.0. The minimum atomic E-state index is -0.929. The number of aromatic amines is 1. The minimum absolute atomic E-state index is 0.276. The van der Waals surface area contributed by atoms with Gasteiger partial charge in [-0.05, 0) is 37.1 Å². The molecule has 1 aromatic heterocycles. The van der Waals surface area contributed by atoms with Crippen molar-refractivity contribution in [2.24, 2.45) is 0 Å². The summed E-state index contributed by atoms with van der Waals surface area (Å²) in [6.07, 6.45) is 3.19. The van der Waals surface area contributed by atoms with Crippen LogP contribution >= 0.6 is 0 Å². The fourth-order valence-electron chi connectivity index (χ4n) is 3.04. The molecule has 29 heavy (non-hydrogen) atoms. The van der Waals surface area contributed by atoms with Crippen LogP contribution in [0.3, 0.4) is 0 Å². The maximum Gasteiger partial charge on any atom is 0.344 e. The zero-order valence-corrected chi connectivity index (χ0v) is 16.4. The molecule has 0 amide bonds. The summed E-state index contributed by atoms with van der Waals surface area (Å²) in [5.41, 5.74) is 2.36. The van der Waals surface area contributed by atoms with Crippen LogP contribution in [0.4, 0.5) is 0 Å². The molecule has 0 aliphatic rings. The van der Waals surface area contributed by atoms with E-state index in [1.807, 2.05) is 36.4 Å². The van der Waals surface area contributed by atoms with Gasteiger partial charge in [0.05, 0.1) is 7.11 Å². The lowest BCUT2D eigenvalue weighted by molar-refractivity contribution is -0.148. The van der Waals surface area contributed by atoms with Crippen molar-refractivity contribution in [2.45, 2.75) is 19.4 Å². The summed E-state index contributed by atoms with van der Waals surface area (Å²) in [4.78, 5) is 27.9. The number of benzene rings is 2. The van der Waals surface area contributed by atoms with Crippen molar-refractivity contribution in [2.75, 3.05) is 13.7 Å². The molecule has 1 atom stereocenters. The maximum atomic E-state index is 12.7. The summed E-state index contributed by atoms with van der Waals surface area (Å²) in [5, 5.41) is 0.793. The Balaban J connectivity index is 1.60. The molecule has 3 aromatic rings. The largest absolute Gasteiger partial charge is 0.493 e. The molecule has 0 bridgehead atoms. The molecule has 150 valence electrons. The number of rotatable bonds is 9. The standard InChI is InChI=1S/C23H23NO5/c1-4-7-16-10-11-20(21(12-16)27-3)28-14-22(25)29-15(2)23(26)18-13-24-19-9-6-5-8-17(18)19/h4-6,8-13,15,24H,1,7,14H2,2-3H3/t15-/m1/s1. The fraction of sp³-hybridized carbons (Fsp3) is 0.217. The van der Waals surface area contributed by atoms with E-state index in [1.165, 1.54) is 7.11 Å². The van der Waals surface area contributed by atoms with Crippen LogP contribution in [-0.4, -0.2) is 36.6 Å². The molecule has 0 fully saturated rings. The van der Waals surface area contributed by atoms with Crippen molar-refractivity contribution in [1.29, 1.82) is 0 Å². The molecule has 0 saturated carbocycles. The third-order valence-corrected chi connectivity index (χ3v) is 4.49. The first kappa shape index (κ1) is 20.2. The molecule has 6 nitrogen and oxygen atoms in total. The lowest BCUT2D eigenvalue weighted by Gasteiger charge is -2.14. The van der Waals surface area contributed by atoms with E-state index in [0.717, 1.165) is 16.5 Å². The number of carbonyl (C=O) groups is 2. The summed E-state index contributed by atoms with van der Waals surface area (Å²) in [6.45, 7) is 4.93. The Kier molecular flexibility index (Phi) is 6.34. The second kappa shape index (κ2) is 9.10. The summed E-state index contributed by atoms with van der Waals surface area (Å²) >= 11 is 0. The van der Waals surface area contributed by atoms with Crippen molar-refractivity contribution >= 4 is 22.7 Å². The molecular formula is C23H23NO5. The monoisotopic (exact) mass is 393 g/mol. The summed E-state index contributed by atoms with van der Waals surface area (Å²) < 4.78 is 16.1. The second-order valence-corrected chi connectivity index (χ2v) is 6.51. The van der Waals surface area contributed by atoms with Crippen LogP contribution in [0, 0.1) is 0 Å². The number of esters is 1. The Bertz CT molecular complexity index is 1040. The van der Waals surface area contributed by atoms with Gasteiger partial charge in [0.1, 0.15) is 0 Å². The van der Waals surface area contributed by atoms with E-state index >= 15 is 0 Å². The van der Waals surface area contributed by atoms with Crippen LogP contribution in [0.1, 0.15) is 22.8 Å². The van der Waals surface area contributed by atoms with Crippen LogP contribution in [0.15, 0.2) is 61.3 Å². The smallest absolute Gasteiger partial charge is 0.344 e. The van der Waals surface area contributed by atoms with Gasteiger partial charge in [-0.15, -0.1) is 6.58 Å². The molecule has 0 spiro atoms. The number of carbonyl (C=O) groups excluding carboxylic acids is 2. The van der Waals surface area contributed by atoms with E-state index in [9.17, 15) is 9.59 Å². The van der Waals surface area contributed by atoms with Gasteiger partial charge in [0.15, 0.2) is 24.2 Å². The molecule has 0 saturated heterocycles. The zero-order chi connectivity index (χ0) is 20.8. The van der Waals surface area contributed by atoms with Crippen LogP contribution in [-0.2, 0) is 16.0 Å². The Morgan fingerprint density at radius 2 is 1.97 bits per heavy atom. The van der Waals surface area contributed by atoms with Gasteiger partial charge in [0.2, 0.25) is 5.78 Å². The zero-order valence-electron chi connectivity index (χ0n) is 16.4. The molecule has 1 N–H and O–H groups in total.